The lowest BCUT2D eigenvalue weighted by Gasteiger charge is -2.12. The van der Waals surface area contributed by atoms with Crippen molar-refractivity contribution >= 4 is 28.0 Å². The highest BCUT2D eigenvalue weighted by Crippen LogP contribution is 2.28. The highest BCUT2D eigenvalue weighted by Gasteiger charge is 2.06. The maximum absolute atomic E-state index is 5.82. The molecule has 2 aromatic carbocycles. The number of rotatable bonds is 2. The Morgan fingerprint density at radius 1 is 1.05 bits per heavy atom. The van der Waals surface area contributed by atoms with Gasteiger partial charge < -0.3 is 11.1 Å². The topological polar surface area (TPSA) is 50.9 Å². The van der Waals surface area contributed by atoms with Crippen LogP contribution < -0.4 is 11.1 Å². The van der Waals surface area contributed by atoms with Crippen LogP contribution in [0.15, 0.2) is 48.7 Å². The van der Waals surface area contributed by atoms with Gasteiger partial charge in [-0.15, -0.1) is 0 Å². The normalized spacial score (nSPS) is 10.7. The lowest BCUT2D eigenvalue weighted by molar-refractivity contribution is 1.31. The van der Waals surface area contributed by atoms with Gasteiger partial charge in [-0.1, -0.05) is 18.2 Å². The third-order valence-electron chi connectivity index (χ3n) is 3.60. The first-order chi connectivity index (χ1) is 9.65. The van der Waals surface area contributed by atoms with E-state index in [1.165, 1.54) is 11.1 Å². The van der Waals surface area contributed by atoms with Gasteiger partial charge in [0.15, 0.2) is 0 Å². The van der Waals surface area contributed by atoms with E-state index in [2.05, 4.69) is 36.3 Å². The number of fused-ring (bicyclic) bond motifs is 1. The molecule has 0 fully saturated rings. The molecule has 100 valence electrons. The van der Waals surface area contributed by atoms with Gasteiger partial charge in [0, 0.05) is 28.6 Å². The molecular formula is C17H17N3. The Morgan fingerprint density at radius 2 is 1.90 bits per heavy atom. The van der Waals surface area contributed by atoms with Crippen LogP contribution in [0.25, 0.3) is 10.9 Å². The summed E-state index contributed by atoms with van der Waals surface area (Å²) in [5.41, 5.74) is 12.1. The Hall–Kier alpha value is -2.55. The summed E-state index contributed by atoms with van der Waals surface area (Å²) in [4.78, 5) is 4.50. The van der Waals surface area contributed by atoms with E-state index in [1.54, 1.807) is 0 Å². The number of pyridine rings is 1. The minimum Gasteiger partial charge on any atom is -0.399 e. The number of anilines is 3. The van der Waals surface area contributed by atoms with Crippen molar-refractivity contribution in [1.82, 2.24) is 4.98 Å². The zero-order valence-corrected chi connectivity index (χ0v) is 11.6. The highest BCUT2D eigenvalue weighted by molar-refractivity contribution is 5.95. The van der Waals surface area contributed by atoms with Crippen LogP contribution >= 0.6 is 0 Å². The Balaban J connectivity index is 2.10. The van der Waals surface area contributed by atoms with Crippen LogP contribution in [-0.4, -0.2) is 4.98 Å². The number of aryl methyl sites for hydroxylation is 2. The third kappa shape index (κ3) is 2.18. The van der Waals surface area contributed by atoms with E-state index in [9.17, 15) is 0 Å². The Labute approximate surface area is 118 Å². The van der Waals surface area contributed by atoms with Gasteiger partial charge in [-0.25, -0.2) is 0 Å². The number of nitrogen functional groups attached to an aromatic ring is 1. The predicted octanol–water partition coefficient (Wildman–Crippen LogP) is 4.18. The molecule has 0 aliphatic rings. The second-order valence-corrected chi connectivity index (χ2v) is 5.01. The fourth-order valence-corrected chi connectivity index (χ4v) is 2.34. The van der Waals surface area contributed by atoms with Crippen LogP contribution in [0.5, 0.6) is 0 Å². The molecule has 0 unspecified atom stereocenters. The fraction of sp³-hybridized carbons (Fsp3) is 0.118. The molecule has 3 aromatic rings. The van der Waals surface area contributed by atoms with Crippen molar-refractivity contribution in [3.63, 3.8) is 0 Å². The number of hydrogen-bond acceptors (Lipinski definition) is 3. The van der Waals surface area contributed by atoms with Gasteiger partial charge in [0.2, 0.25) is 0 Å². The average molecular weight is 263 g/mol. The van der Waals surface area contributed by atoms with Crippen molar-refractivity contribution in [2.75, 3.05) is 11.1 Å². The standard InChI is InChI=1S/C17H17N3/c1-11-6-7-15-16(8-9-19-17(15)12(11)2)20-14-5-3-4-13(18)10-14/h3-10H,18H2,1-2H3,(H,19,20). The van der Waals surface area contributed by atoms with Crippen molar-refractivity contribution in [3.05, 3.63) is 59.8 Å². The van der Waals surface area contributed by atoms with Gasteiger partial charge in [-0.05, 0) is 49.2 Å². The average Bonchev–Trinajstić information content (AvgIpc) is 2.43. The van der Waals surface area contributed by atoms with Crippen LogP contribution in [0, 0.1) is 13.8 Å². The number of nitrogens with one attached hydrogen (secondary N) is 1. The van der Waals surface area contributed by atoms with Gasteiger partial charge in [0.1, 0.15) is 0 Å². The highest BCUT2D eigenvalue weighted by atomic mass is 14.9. The van der Waals surface area contributed by atoms with E-state index in [-0.39, 0.29) is 0 Å². The molecule has 3 nitrogen and oxygen atoms in total. The zero-order chi connectivity index (χ0) is 14.1. The molecule has 0 bridgehead atoms. The van der Waals surface area contributed by atoms with Gasteiger partial charge in [0.25, 0.3) is 0 Å². The number of benzene rings is 2. The van der Waals surface area contributed by atoms with Crippen molar-refractivity contribution in [2.24, 2.45) is 0 Å². The monoisotopic (exact) mass is 263 g/mol. The SMILES string of the molecule is Cc1ccc2c(Nc3cccc(N)c3)ccnc2c1C. The first-order valence-electron chi connectivity index (χ1n) is 6.62. The summed E-state index contributed by atoms with van der Waals surface area (Å²) in [5.74, 6) is 0. The van der Waals surface area contributed by atoms with Crippen LogP contribution in [0.4, 0.5) is 17.1 Å². The van der Waals surface area contributed by atoms with E-state index >= 15 is 0 Å². The van der Waals surface area contributed by atoms with E-state index in [0.29, 0.717) is 0 Å². The Bertz CT molecular complexity index is 778. The maximum atomic E-state index is 5.82. The lowest BCUT2D eigenvalue weighted by Crippen LogP contribution is -1.95. The molecule has 0 spiro atoms. The zero-order valence-electron chi connectivity index (χ0n) is 11.6. The van der Waals surface area contributed by atoms with Crippen LogP contribution in [-0.2, 0) is 0 Å². The maximum Gasteiger partial charge on any atom is 0.0754 e. The summed E-state index contributed by atoms with van der Waals surface area (Å²) < 4.78 is 0. The predicted molar refractivity (Wildman–Crippen MR) is 85.4 cm³/mol. The summed E-state index contributed by atoms with van der Waals surface area (Å²) >= 11 is 0. The van der Waals surface area contributed by atoms with Crippen molar-refractivity contribution < 1.29 is 0 Å². The summed E-state index contributed by atoms with van der Waals surface area (Å²) in [6.45, 7) is 4.21. The molecule has 0 saturated carbocycles. The summed E-state index contributed by atoms with van der Waals surface area (Å²) in [7, 11) is 0. The molecule has 1 heterocycles. The van der Waals surface area contributed by atoms with Crippen LogP contribution in [0.1, 0.15) is 11.1 Å². The second kappa shape index (κ2) is 4.85. The lowest BCUT2D eigenvalue weighted by atomic mass is 10.0. The Morgan fingerprint density at radius 3 is 2.70 bits per heavy atom. The van der Waals surface area contributed by atoms with Crippen molar-refractivity contribution in [1.29, 1.82) is 0 Å². The van der Waals surface area contributed by atoms with Crippen molar-refractivity contribution in [2.45, 2.75) is 13.8 Å². The minimum atomic E-state index is 0.750. The quantitative estimate of drug-likeness (QED) is 0.682. The molecule has 3 rings (SSSR count). The molecule has 3 N–H and O–H groups in total. The third-order valence-corrected chi connectivity index (χ3v) is 3.60. The van der Waals surface area contributed by atoms with Crippen LogP contribution in [0.2, 0.25) is 0 Å². The summed E-state index contributed by atoms with van der Waals surface area (Å²) in [5, 5.41) is 4.54. The second-order valence-electron chi connectivity index (χ2n) is 5.01. The molecule has 0 amide bonds. The van der Waals surface area contributed by atoms with Crippen molar-refractivity contribution in [3.8, 4) is 0 Å². The van der Waals surface area contributed by atoms with Gasteiger partial charge in [-0.2, -0.15) is 0 Å². The fourth-order valence-electron chi connectivity index (χ4n) is 2.34. The Kier molecular flexibility index (Phi) is 3.03. The summed E-state index contributed by atoms with van der Waals surface area (Å²) in [6, 6.07) is 14.0. The van der Waals surface area contributed by atoms with Crippen LogP contribution in [0.3, 0.4) is 0 Å². The smallest absolute Gasteiger partial charge is 0.0754 e. The molecule has 0 aliphatic heterocycles. The first kappa shape index (κ1) is 12.5. The molecule has 0 radical (unpaired) electrons. The van der Waals surface area contributed by atoms with Gasteiger partial charge in [-0.3, -0.25) is 4.98 Å². The molecule has 0 atom stereocenters. The molecule has 20 heavy (non-hydrogen) atoms. The molecule has 0 saturated heterocycles. The van der Waals surface area contributed by atoms with E-state index in [1.807, 2.05) is 36.5 Å². The number of nitrogens with two attached hydrogens (primary N) is 1. The summed E-state index contributed by atoms with van der Waals surface area (Å²) in [6.07, 6.45) is 1.84. The van der Waals surface area contributed by atoms with E-state index < -0.39 is 0 Å². The van der Waals surface area contributed by atoms with E-state index in [4.69, 9.17) is 5.73 Å². The van der Waals surface area contributed by atoms with Gasteiger partial charge >= 0.3 is 0 Å². The molecule has 0 aliphatic carbocycles. The molecule has 1 aromatic heterocycles. The number of nitrogens with zero attached hydrogens (tertiary/aromatic N) is 1. The number of aromatic nitrogens is 1. The van der Waals surface area contributed by atoms with Gasteiger partial charge in [0.05, 0.1) is 5.52 Å². The largest absolute Gasteiger partial charge is 0.399 e. The minimum absolute atomic E-state index is 0.750. The van der Waals surface area contributed by atoms with E-state index in [0.717, 1.165) is 28.0 Å². The number of hydrogen-bond donors (Lipinski definition) is 2. The molecular weight excluding hydrogens is 246 g/mol. The molecule has 3 heteroatoms. The first-order valence-corrected chi connectivity index (χ1v) is 6.62.